The van der Waals surface area contributed by atoms with Gasteiger partial charge in [0.25, 0.3) is 0 Å². The van der Waals surface area contributed by atoms with Crippen molar-refractivity contribution in [3.63, 3.8) is 0 Å². The minimum atomic E-state index is -1.55. The van der Waals surface area contributed by atoms with Crippen molar-refractivity contribution in [3.8, 4) is 0 Å². The van der Waals surface area contributed by atoms with E-state index in [4.69, 9.17) is 18.9 Å². The fraction of sp³-hybridized carbons (Fsp3) is 0.746. The third-order valence-corrected chi connectivity index (χ3v) is 12.3. The minimum Gasteiger partial charge on any atom is -0.457 e. The summed E-state index contributed by atoms with van der Waals surface area (Å²) in [7, 11) is 0. The number of unbranched alkanes of at least 4 members (excludes halogenated alkanes) is 22. The maximum Gasteiger partial charge on any atom is 0.306 e. The molecule has 1 aliphatic rings. The highest BCUT2D eigenvalue weighted by molar-refractivity contribution is 5.69. The maximum atomic E-state index is 12.9. The van der Waals surface area contributed by atoms with Crippen LogP contribution in [0, 0.1) is 0 Å². The van der Waals surface area contributed by atoms with Crippen LogP contribution in [0.3, 0.4) is 0 Å². The first-order valence-corrected chi connectivity index (χ1v) is 27.7. The highest BCUT2D eigenvalue weighted by atomic mass is 16.7. The number of aliphatic hydroxyl groups is 4. The first kappa shape index (κ1) is 63.4. The van der Waals surface area contributed by atoms with E-state index in [-0.39, 0.29) is 19.2 Å². The molecule has 0 saturated carbocycles. The average molecular weight is 955 g/mol. The lowest BCUT2D eigenvalue weighted by atomic mass is 9.99. The monoisotopic (exact) mass is 955 g/mol. The molecule has 0 bridgehead atoms. The standard InChI is InChI=1S/C59H102O9/c1-3-5-7-9-11-13-15-17-19-21-23-25-27-28-30-32-34-36-38-40-42-44-46-48-55(61)67-53(52-66-59-58(64)57(63)56(62)54(50-60)68-59)51-65-49-47-45-43-41-39-37-35-33-31-29-26-24-22-20-18-16-14-12-10-8-6-4-2/h6,8,12,14,18,20-21,23-24,26,31,33,37,39,53-54,56-60,62-64H,3-5,7,9-11,13,15-17,19,22,25,27-30,32,34-36,38,40-52H2,1-2H3/b8-6-,14-12-,20-18-,23-21-,26-24-,33-31-,39-37-. The molecule has 6 unspecified atom stereocenters. The van der Waals surface area contributed by atoms with Crippen molar-refractivity contribution in [2.75, 3.05) is 26.4 Å². The second-order valence-corrected chi connectivity index (χ2v) is 18.6. The summed E-state index contributed by atoms with van der Waals surface area (Å²) in [5.41, 5.74) is 0. The van der Waals surface area contributed by atoms with Crippen LogP contribution < -0.4 is 0 Å². The van der Waals surface area contributed by atoms with E-state index >= 15 is 0 Å². The van der Waals surface area contributed by atoms with Crippen LogP contribution in [0.1, 0.15) is 219 Å². The predicted molar refractivity (Wildman–Crippen MR) is 283 cm³/mol. The second-order valence-electron chi connectivity index (χ2n) is 18.6. The van der Waals surface area contributed by atoms with Crippen molar-refractivity contribution < 1.29 is 44.2 Å². The van der Waals surface area contributed by atoms with Gasteiger partial charge < -0.3 is 39.4 Å². The maximum absolute atomic E-state index is 12.9. The summed E-state index contributed by atoms with van der Waals surface area (Å²) in [4.78, 5) is 12.9. The number of ether oxygens (including phenoxy) is 4. The Hall–Kier alpha value is -2.63. The quantitative estimate of drug-likeness (QED) is 0.0267. The molecule has 9 heteroatoms. The van der Waals surface area contributed by atoms with Crippen LogP contribution in [0.4, 0.5) is 0 Å². The summed E-state index contributed by atoms with van der Waals surface area (Å²) in [6, 6.07) is 0. The van der Waals surface area contributed by atoms with Crippen LogP contribution in [0.25, 0.3) is 0 Å². The van der Waals surface area contributed by atoms with Crippen molar-refractivity contribution in [3.05, 3.63) is 85.1 Å². The van der Waals surface area contributed by atoms with E-state index in [0.29, 0.717) is 13.0 Å². The Morgan fingerprint density at radius 2 is 0.897 bits per heavy atom. The van der Waals surface area contributed by atoms with Gasteiger partial charge in [0.2, 0.25) is 0 Å². The van der Waals surface area contributed by atoms with Gasteiger partial charge in [-0.25, -0.2) is 0 Å². The van der Waals surface area contributed by atoms with Crippen LogP contribution in [0.2, 0.25) is 0 Å². The molecule has 0 aliphatic carbocycles. The fourth-order valence-corrected chi connectivity index (χ4v) is 8.02. The van der Waals surface area contributed by atoms with Crippen molar-refractivity contribution in [2.24, 2.45) is 0 Å². The van der Waals surface area contributed by atoms with Crippen molar-refractivity contribution in [1.82, 2.24) is 0 Å². The first-order chi connectivity index (χ1) is 33.4. The van der Waals surface area contributed by atoms with E-state index in [2.05, 4.69) is 98.9 Å². The molecule has 1 fully saturated rings. The number of carbonyl (C=O) groups is 1. The van der Waals surface area contributed by atoms with Gasteiger partial charge in [-0.05, 0) is 89.9 Å². The Morgan fingerprint density at radius 3 is 1.37 bits per heavy atom. The molecule has 4 N–H and O–H groups in total. The molecule has 0 aromatic rings. The molecule has 1 saturated heterocycles. The van der Waals surface area contributed by atoms with E-state index in [1.807, 2.05) is 0 Å². The largest absolute Gasteiger partial charge is 0.457 e. The zero-order chi connectivity index (χ0) is 49.2. The van der Waals surface area contributed by atoms with Gasteiger partial charge in [0.15, 0.2) is 6.29 Å². The van der Waals surface area contributed by atoms with Crippen LogP contribution >= 0.6 is 0 Å². The Kier molecular flexibility index (Phi) is 46.0. The molecule has 0 amide bonds. The van der Waals surface area contributed by atoms with Crippen molar-refractivity contribution in [1.29, 1.82) is 0 Å². The number of esters is 1. The smallest absolute Gasteiger partial charge is 0.306 e. The van der Waals surface area contributed by atoms with Gasteiger partial charge in [0.05, 0.1) is 19.8 Å². The number of allylic oxidation sites excluding steroid dienone is 14. The molecular weight excluding hydrogens is 853 g/mol. The van der Waals surface area contributed by atoms with Crippen LogP contribution in [0.15, 0.2) is 85.1 Å². The number of hydrogen-bond donors (Lipinski definition) is 4. The highest BCUT2D eigenvalue weighted by Crippen LogP contribution is 2.23. The summed E-state index contributed by atoms with van der Waals surface area (Å²) < 4.78 is 22.9. The molecule has 0 radical (unpaired) electrons. The zero-order valence-corrected chi connectivity index (χ0v) is 43.3. The number of hydrogen-bond acceptors (Lipinski definition) is 9. The number of rotatable bonds is 47. The van der Waals surface area contributed by atoms with Gasteiger partial charge in [-0.15, -0.1) is 0 Å². The van der Waals surface area contributed by atoms with E-state index in [9.17, 15) is 25.2 Å². The second kappa shape index (κ2) is 49.4. The summed E-state index contributed by atoms with van der Waals surface area (Å²) >= 11 is 0. The molecular formula is C59H102O9. The summed E-state index contributed by atoms with van der Waals surface area (Å²) in [6.07, 6.45) is 60.5. The van der Waals surface area contributed by atoms with E-state index in [0.717, 1.165) is 83.5 Å². The van der Waals surface area contributed by atoms with Crippen LogP contribution in [0.5, 0.6) is 0 Å². The molecule has 0 spiro atoms. The average Bonchev–Trinajstić information content (AvgIpc) is 3.34. The predicted octanol–water partition coefficient (Wildman–Crippen LogP) is 14.1. The van der Waals surface area contributed by atoms with Gasteiger partial charge in [0, 0.05) is 13.0 Å². The lowest BCUT2D eigenvalue weighted by Crippen LogP contribution is -2.59. The number of carbonyl (C=O) groups excluding carboxylic acids is 1. The molecule has 1 heterocycles. The molecule has 1 rings (SSSR count). The van der Waals surface area contributed by atoms with E-state index < -0.39 is 43.4 Å². The van der Waals surface area contributed by atoms with Gasteiger partial charge in [-0.2, -0.15) is 0 Å². The first-order valence-electron chi connectivity index (χ1n) is 27.7. The Bertz CT molecular complexity index is 1320. The van der Waals surface area contributed by atoms with Crippen LogP contribution in [-0.2, 0) is 23.7 Å². The molecule has 1 aliphatic heterocycles. The summed E-state index contributed by atoms with van der Waals surface area (Å²) in [5, 5.41) is 40.3. The molecule has 68 heavy (non-hydrogen) atoms. The lowest BCUT2D eigenvalue weighted by molar-refractivity contribution is -0.305. The SMILES string of the molecule is CC/C=C\C/C=C\C/C=C\C/C=C\C/C=C\C/C=C\CCCCCOCC(COC1OC(CO)C(O)C(O)C1O)OC(=O)CCCCCCCCCCCCC/C=C\CCCCCCCCCC. The number of aliphatic hydroxyl groups excluding tert-OH is 4. The molecule has 6 atom stereocenters. The normalized spacial score (nSPS) is 19.8. The lowest BCUT2D eigenvalue weighted by Gasteiger charge is -2.39. The van der Waals surface area contributed by atoms with Gasteiger partial charge in [-0.1, -0.05) is 208 Å². The summed E-state index contributed by atoms with van der Waals surface area (Å²) in [6.45, 7) is 4.37. The molecule has 0 aromatic heterocycles. The minimum absolute atomic E-state index is 0.118. The zero-order valence-electron chi connectivity index (χ0n) is 43.3. The Balaban J connectivity index is 2.21. The topological polar surface area (TPSA) is 135 Å². The van der Waals surface area contributed by atoms with Crippen molar-refractivity contribution >= 4 is 5.97 Å². The van der Waals surface area contributed by atoms with Gasteiger partial charge >= 0.3 is 5.97 Å². The van der Waals surface area contributed by atoms with E-state index in [1.165, 1.54) is 116 Å². The Morgan fingerprint density at radius 1 is 0.485 bits per heavy atom. The third-order valence-electron chi connectivity index (χ3n) is 12.3. The molecule has 9 nitrogen and oxygen atoms in total. The molecule has 392 valence electrons. The Labute approximate surface area is 416 Å². The van der Waals surface area contributed by atoms with E-state index in [1.54, 1.807) is 0 Å². The highest BCUT2D eigenvalue weighted by Gasteiger charge is 2.44. The van der Waals surface area contributed by atoms with Gasteiger partial charge in [-0.3, -0.25) is 4.79 Å². The third kappa shape index (κ3) is 39.1. The van der Waals surface area contributed by atoms with Crippen LogP contribution in [-0.4, -0.2) is 89.6 Å². The van der Waals surface area contributed by atoms with Crippen molar-refractivity contribution in [2.45, 2.75) is 256 Å². The van der Waals surface area contributed by atoms with Gasteiger partial charge in [0.1, 0.15) is 30.5 Å². The summed E-state index contributed by atoms with van der Waals surface area (Å²) in [5.74, 6) is -0.327. The fourth-order valence-electron chi connectivity index (χ4n) is 8.02. The molecule has 0 aromatic carbocycles.